The lowest BCUT2D eigenvalue weighted by Crippen LogP contribution is -2.43. The molecule has 5 heteroatoms. The predicted molar refractivity (Wildman–Crippen MR) is 94.0 cm³/mol. The van der Waals surface area contributed by atoms with E-state index >= 15 is 0 Å². The van der Waals surface area contributed by atoms with Crippen molar-refractivity contribution in [2.45, 2.75) is 64.3 Å². The molecule has 2 atom stereocenters. The third-order valence-corrected chi connectivity index (χ3v) is 9.77. The van der Waals surface area contributed by atoms with Gasteiger partial charge >= 0.3 is 0 Å². The maximum absolute atomic E-state index is 14.4. The summed E-state index contributed by atoms with van der Waals surface area (Å²) in [6.45, 7) is 10.9. The van der Waals surface area contributed by atoms with Gasteiger partial charge in [0.15, 0.2) is 8.32 Å². The number of hydrogen-bond acceptors (Lipinski definition) is 3. The fourth-order valence-electron chi connectivity index (χ4n) is 2.87. The van der Waals surface area contributed by atoms with E-state index in [9.17, 15) is 9.60 Å². The second-order valence-corrected chi connectivity index (χ2v) is 12.7. The van der Waals surface area contributed by atoms with Gasteiger partial charge in [0.25, 0.3) is 0 Å². The molecular formula is C18H28FNO2Si. The van der Waals surface area contributed by atoms with Gasteiger partial charge in [-0.3, -0.25) is 0 Å². The predicted octanol–water partition coefficient (Wildman–Crippen LogP) is 5.52. The molecule has 0 bridgehead atoms. The molecule has 3 nitrogen and oxygen atoms in total. The van der Waals surface area contributed by atoms with Gasteiger partial charge in [-0.05, 0) is 43.5 Å². The molecule has 0 aliphatic heterocycles. The van der Waals surface area contributed by atoms with Crippen LogP contribution in [0.1, 0.15) is 51.7 Å². The summed E-state index contributed by atoms with van der Waals surface area (Å²) in [6.07, 6.45) is 2.20. The Hall–Kier alpha value is -1.20. The Kier molecular flexibility index (Phi) is 5.31. The maximum atomic E-state index is 14.4. The van der Waals surface area contributed by atoms with Gasteiger partial charge in [0, 0.05) is 11.5 Å². The number of nitrogens with zero attached hydrogens (tertiary/aromatic N) is 1. The average Bonchev–Trinajstić information content (AvgIpc) is 2.92. The Morgan fingerprint density at radius 3 is 2.52 bits per heavy atom. The van der Waals surface area contributed by atoms with Crippen LogP contribution >= 0.6 is 0 Å². The number of halogens is 1. The van der Waals surface area contributed by atoms with Crippen LogP contribution in [0.5, 0.6) is 0 Å². The van der Waals surface area contributed by atoms with Gasteiger partial charge in [-0.25, -0.2) is 4.39 Å². The van der Waals surface area contributed by atoms with Crippen molar-refractivity contribution in [3.8, 4) is 0 Å². The Morgan fingerprint density at radius 1 is 1.30 bits per heavy atom. The van der Waals surface area contributed by atoms with Crippen molar-refractivity contribution in [3.05, 3.63) is 35.6 Å². The van der Waals surface area contributed by atoms with E-state index in [1.54, 1.807) is 12.1 Å². The molecule has 1 aromatic carbocycles. The summed E-state index contributed by atoms with van der Waals surface area (Å²) in [5, 5.41) is 12.8. The monoisotopic (exact) mass is 337 g/mol. The molecule has 128 valence electrons. The molecule has 1 N–H and O–H groups in total. The fraction of sp³-hybridized carbons (Fsp3) is 0.611. The average molecular weight is 338 g/mol. The summed E-state index contributed by atoms with van der Waals surface area (Å²) in [6, 6.07) is 6.80. The molecule has 1 fully saturated rings. The van der Waals surface area contributed by atoms with Gasteiger partial charge in [-0.15, -0.1) is 0 Å². The molecule has 2 rings (SSSR count). The third-order valence-electron chi connectivity index (χ3n) is 5.31. The largest absolute Gasteiger partial charge is 0.411 e. The highest BCUT2D eigenvalue weighted by Gasteiger charge is 2.43. The summed E-state index contributed by atoms with van der Waals surface area (Å²) in [5.74, 6) is -0.300. The minimum Gasteiger partial charge on any atom is -0.411 e. The highest BCUT2D eigenvalue weighted by molar-refractivity contribution is 6.74. The van der Waals surface area contributed by atoms with Crippen LogP contribution in [-0.4, -0.2) is 19.2 Å². The van der Waals surface area contributed by atoms with E-state index in [0.29, 0.717) is 5.56 Å². The molecule has 0 heterocycles. The SMILES string of the molecule is CC(C)(C)[Si](C)(C)OC(c1ccccc1F)C1CCC/C1=N\O. The summed E-state index contributed by atoms with van der Waals surface area (Å²) >= 11 is 0. The molecule has 1 saturated carbocycles. The van der Waals surface area contributed by atoms with Crippen LogP contribution in [0.4, 0.5) is 4.39 Å². The van der Waals surface area contributed by atoms with Crippen LogP contribution in [0, 0.1) is 11.7 Å². The number of hydrogen-bond donors (Lipinski definition) is 1. The molecule has 1 aliphatic rings. The quantitative estimate of drug-likeness (QED) is 0.446. The molecule has 0 aromatic heterocycles. The first-order valence-electron chi connectivity index (χ1n) is 8.30. The van der Waals surface area contributed by atoms with Crippen molar-refractivity contribution in [3.63, 3.8) is 0 Å². The fourth-order valence-corrected chi connectivity index (χ4v) is 4.15. The minimum atomic E-state index is -2.09. The molecular weight excluding hydrogens is 309 g/mol. The second kappa shape index (κ2) is 6.73. The number of benzene rings is 1. The first-order valence-corrected chi connectivity index (χ1v) is 11.2. The lowest BCUT2D eigenvalue weighted by atomic mass is 9.93. The zero-order chi connectivity index (χ0) is 17.3. The van der Waals surface area contributed by atoms with Crippen LogP contribution in [0.15, 0.2) is 29.4 Å². The van der Waals surface area contributed by atoms with E-state index in [1.165, 1.54) is 6.07 Å². The molecule has 0 radical (unpaired) electrons. The minimum absolute atomic E-state index is 0.0334. The highest BCUT2D eigenvalue weighted by atomic mass is 28.4. The Morgan fingerprint density at radius 2 is 1.96 bits per heavy atom. The van der Waals surface area contributed by atoms with Gasteiger partial charge < -0.3 is 9.63 Å². The Labute approximate surface area is 139 Å². The molecule has 1 aliphatic carbocycles. The first kappa shape index (κ1) is 18.1. The molecule has 0 amide bonds. The summed E-state index contributed by atoms with van der Waals surface area (Å²) < 4.78 is 21.0. The number of oxime groups is 1. The van der Waals surface area contributed by atoms with Crippen LogP contribution in [0.2, 0.25) is 18.1 Å². The number of rotatable bonds is 4. The van der Waals surface area contributed by atoms with Crippen molar-refractivity contribution in [2.75, 3.05) is 0 Å². The van der Waals surface area contributed by atoms with Gasteiger partial charge in [-0.1, -0.05) is 44.1 Å². The molecule has 1 aromatic rings. The zero-order valence-electron chi connectivity index (χ0n) is 14.8. The van der Waals surface area contributed by atoms with Crippen molar-refractivity contribution in [2.24, 2.45) is 11.1 Å². The second-order valence-electron chi connectivity index (χ2n) is 7.91. The van der Waals surface area contributed by atoms with Gasteiger partial charge in [0.05, 0.1) is 11.8 Å². The van der Waals surface area contributed by atoms with Crippen molar-refractivity contribution in [1.82, 2.24) is 0 Å². The normalized spacial score (nSPS) is 22.5. The maximum Gasteiger partial charge on any atom is 0.192 e. The lowest BCUT2D eigenvalue weighted by molar-refractivity contribution is 0.142. The van der Waals surface area contributed by atoms with Gasteiger partial charge in [0.2, 0.25) is 0 Å². The van der Waals surface area contributed by atoms with Crippen LogP contribution in [-0.2, 0) is 4.43 Å². The first-order chi connectivity index (χ1) is 10.7. The molecule has 0 spiro atoms. The Bertz CT molecular complexity index is 581. The standard InChI is InChI=1S/C18H28FNO2Si/c1-18(2,3)23(4,5)22-17(13-9-6-7-11-15(13)19)14-10-8-12-16(14)20-21/h6-7,9,11,14,17,21H,8,10,12H2,1-5H3/b20-16+. The lowest BCUT2D eigenvalue weighted by Gasteiger charge is -2.41. The van der Waals surface area contributed by atoms with Crippen LogP contribution < -0.4 is 0 Å². The van der Waals surface area contributed by atoms with E-state index in [1.807, 2.05) is 6.07 Å². The van der Waals surface area contributed by atoms with E-state index in [4.69, 9.17) is 4.43 Å². The topological polar surface area (TPSA) is 41.8 Å². The van der Waals surface area contributed by atoms with Crippen LogP contribution in [0.3, 0.4) is 0 Å². The van der Waals surface area contributed by atoms with Crippen molar-refractivity contribution < 1.29 is 14.0 Å². The smallest absolute Gasteiger partial charge is 0.192 e. The molecule has 23 heavy (non-hydrogen) atoms. The summed E-state index contributed by atoms with van der Waals surface area (Å²) in [5.41, 5.74) is 1.31. The van der Waals surface area contributed by atoms with Crippen molar-refractivity contribution >= 4 is 14.0 Å². The van der Waals surface area contributed by atoms with E-state index in [0.717, 1.165) is 25.0 Å². The van der Waals surface area contributed by atoms with Crippen LogP contribution in [0.25, 0.3) is 0 Å². The zero-order valence-corrected chi connectivity index (χ0v) is 15.8. The molecule has 0 saturated heterocycles. The summed E-state index contributed by atoms with van der Waals surface area (Å²) in [7, 11) is -2.09. The summed E-state index contributed by atoms with van der Waals surface area (Å²) in [4.78, 5) is 0. The van der Waals surface area contributed by atoms with E-state index < -0.39 is 8.32 Å². The van der Waals surface area contributed by atoms with Gasteiger partial charge in [-0.2, -0.15) is 0 Å². The third kappa shape index (κ3) is 3.83. The Balaban J connectivity index is 2.43. The van der Waals surface area contributed by atoms with Gasteiger partial charge in [0.1, 0.15) is 5.82 Å². The molecule has 2 unspecified atom stereocenters. The highest BCUT2D eigenvalue weighted by Crippen LogP contribution is 2.45. The van der Waals surface area contributed by atoms with E-state index in [2.05, 4.69) is 39.0 Å². The van der Waals surface area contributed by atoms with Crippen molar-refractivity contribution in [1.29, 1.82) is 0 Å². The van der Waals surface area contributed by atoms with E-state index in [-0.39, 0.29) is 22.9 Å².